The van der Waals surface area contributed by atoms with Gasteiger partial charge in [-0.2, -0.15) is 0 Å². The smallest absolute Gasteiger partial charge is 0.326 e. The summed E-state index contributed by atoms with van der Waals surface area (Å²) in [4.78, 5) is 81.1. The van der Waals surface area contributed by atoms with Crippen LogP contribution in [0.25, 0.3) is 0 Å². The second kappa shape index (κ2) is 49.7. The van der Waals surface area contributed by atoms with Gasteiger partial charge in [-0.1, -0.05) is 26.2 Å². The predicted octanol–water partition coefficient (Wildman–Crippen LogP) is 0.492. The molecule has 0 unspecified atom stereocenters. The van der Waals surface area contributed by atoms with Crippen LogP contribution in [0.15, 0.2) is 0 Å². The Hall–Kier alpha value is -4.31. The number of ether oxygens (including phenoxy) is 10. The summed E-state index contributed by atoms with van der Waals surface area (Å²) in [6.45, 7) is 12.2. The number of aliphatic carboxylic acids is 3. The maximum absolute atomic E-state index is 12.2. The van der Waals surface area contributed by atoms with Gasteiger partial charge in [0.1, 0.15) is 12.1 Å². The van der Waals surface area contributed by atoms with Gasteiger partial charge in [0, 0.05) is 45.3 Å². The first-order valence-electron chi connectivity index (χ1n) is 24.3. The highest BCUT2D eigenvalue weighted by Gasteiger charge is 2.25. The van der Waals surface area contributed by atoms with Crippen LogP contribution >= 0.6 is 0 Å². The molecule has 0 bridgehead atoms. The maximum Gasteiger partial charge on any atom is 0.326 e. The highest BCUT2D eigenvalue weighted by Crippen LogP contribution is 2.06. The first-order chi connectivity index (χ1) is 34.0. The van der Waals surface area contributed by atoms with Crippen molar-refractivity contribution >= 4 is 41.7 Å². The minimum atomic E-state index is -1.52. The summed E-state index contributed by atoms with van der Waals surface area (Å²) < 4.78 is 54.7. The van der Waals surface area contributed by atoms with Crippen LogP contribution in [0, 0.1) is 0 Å². The zero-order chi connectivity index (χ0) is 51.6. The molecule has 25 nitrogen and oxygen atoms in total. The summed E-state index contributed by atoms with van der Waals surface area (Å²) in [6, 6.07) is -4.09. The first kappa shape index (κ1) is 65.7. The zero-order valence-corrected chi connectivity index (χ0v) is 41.2. The third kappa shape index (κ3) is 47.4. The van der Waals surface area contributed by atoms with Crippen molar-refractivity contribution in [3.05, 3.63) is 0 Å². The van der Waals surface area contributed by atoms with Crippen molar-refractivity contribution in [3.8, 4) is 0 Å². The quantitative estimate of drug-likeness (QED) is 0.0385. The van der Waals surface area contributed by atoms with Gasteiger partial charge in [-0.15, -0.1) is 0 Å². The van der Waals surface area contributed by atoms with E-state index in [9.17, 15) is 38.7 Å². The molecule has 0 rings (SSSR count). The fourth-order valence-corrected chi connectivity index (χ4v) is 5.68. The minimum absolute atomic E-state index is 0.0451. The van der Waals surface area contributed by atoms with Gasteiger partial charge in [0.15, 0.2) is 0 Å². The lowest BCUT2D eigenvalue weighted by molar-refractivity contribution is -0.141. The highest BCUT2D eigenvalue weighted by molar-refractivity contribution is 5.86. The number of carboxylic acids is 3. The molecular weight excluding hydrogens is 931 g/mol. The number of urea groups is 1. The fraction of sp³-hybridized carbons (Fsp3) is 0.844. The van der Waals surface area contributed by atoms with Gasteiger partial charge in [-0.25, -0.2) is 14.4 Å². The number of carbonyl (C=O) groups is 7. The summed E-state index contributed by atoms with van der Waals surface area (Å²) in [5.41, 5.74) is 0. The van der Waals surface area contributed by atoms with Gasteiger partial charge in [0.05, 0.1) is 132 Å². The van der Waals surface area contributed by atoms with E-state index in [0.29, 0.717) is 171 Å². The van der Waals surface area contributed by atoms with E-state index >= 15 is 0 Å². The van der Waals surface area contributed by atoms with Crippen molar-refractivity contribution in [2.75, 3.05) is 152 Å². The van der Waals surface area contributed by atoms with E-state index in [1.54, 1.807) is 0 Å². The Labute approximate surface area is 411 Å². The second-order valence-electron chi connectivity index (χ2n) is 15.3. The van der Waals surface area contributed by atoms with E-state index in [-0.39, 0.29) is 31.1 Å². The third-order valence-corrected chi connectivity index (χ3v) is 9.38. The molecule has 70 heavy (non-hydrogen) atoms. The van der Waals surface area contributed by atoms with Crippen LogP contribution in [0.4, 0.5) is 4.79 Å². The molecule has 0 aromatic carbocycles. The molecule has 0 saturated heterocycles. The van der Waals surface area contributed by atoms with Gasteiger partial charge in [0.2, 0.25) is 17.7 Å². The van der Waals surface area contributed by atoms with Crippen LogP contribution in [0.1, 0.15) is 84.0 Å². The second-order valence-corrected chi connectivity index (χ2v) is 15.3. The van der Waals surface area contributed by atoms with Crippen LogP contribution in [0.5, 0.6) is 0 Å². The Kier molecular flexibility index (Phi) is 46.6. The summed E-state index contributed by atoms with van der Waals surface area (Å²) in [5, 5.41) is 39.7. The lowest BCUT2D eigenvalue weighted by Gasteiger charge is -2.18. The molecule has 408 valence electrons. The van der Waals surface area contributed by atoms with Crippen molar-refractivity contribution in [3.63, 3.8) is 0 Å². The number of carbonyl (C=O) groups excluding carboxylic acids is 4. The van der Waals surface area contributed by atoms with Crippen molar-refractivity contribution in [2.24, 2.45) is 0 Å². The van der Waals surface area contributed by atoms with Gasteiger partial charge in [-0.3, -0.25) is 19.2 Å². The molecule has 0 aromatic heterocycles. The minimum Gasteiger partial charge on any atom is -0.481 e. The zero-order valence-electron chi connectivity index (χ0n) is 41.2. The Morgan fingerprint density at radius 2 is 0.657 bits per heavy atom. The molecule has 0 heterocycles. The standard InChI is InChI=1S/C45H83N5O20/c1-2-8-39(51)47-15-17-61-19-21-63-23-25-65-27-29-67-31-33-69-35-36-70-34-32-68-30-28-66-26-24-64-22-20-62-18-16-48-40(52)9-6-4-3-5-7-14-46-41(53)12-10-37(43(56)57)49-45(60)50-38(44(58)59)11-13-42(54)55/h37-38H,2-36H2,1H3,(H,46,53)(H,47,51)(H,48,52)(H,54,55)(H,56,57)(H,58,59)(H2,49,50,60)/t37-,38-/m0/s1. The molecule has 0 aliphatic carbocycles. The number of unbranched alkanes of at least 4 members (excludes halogenated alkanes) is 4. The van der Waals surface area contributed by atoms with E-state index in [1.807, 2.05) is 12.2 Å². The van der Waals surface area contributed by atoms with Gasteiger partial charge < -0.3 is 89.3 Å². The molecule has 25 heteroatoms. The number of hydrogen-bond acceptors (Lipinski definition) is 17. The molecule has 0 aliphatic heterocycles. The molecule has 2 atom stereocenters. The van der Waals surface area contributed by atoms with Crippen molar-refractivity contribution in [1.82, 2.24) is 26.6 Å². The number of nitrogens with one attached hydrogen (secondary N) is 5. The SMILES string of the molecule is CCCC(=O)NCCOCCOCCOCCOCCOCCOCCOCCOCCOCCOCCNC(=O)CCCCCCCNC(=O)CC[C@H](NC(=O)N[C@@H](CCC(=O)O)C(=O)O)C(=O)O. The van der Waals surface area contributed by atoms with Crippen LogP contribution in [0.2, 0.25) is 0 Å². The highest BCUT2D eigenvalue weighted by atomic mass is 16.6. The Morgan fingerprint density at radius 3 is 1.01 bits per heavy atom. The molecular formula is C45H83N5O20. The average molecular weight is 1010 g/mol. The van der Waals surface area contributed by atoms with Gasteiger partial charge in [-0.05, 0) is 32.1 Å². The summed E-state index contributed by atoms with van der Waals surface area (Å²) in [7, 11) is 0. The molecule has 0 spiro atoms. The molecule has 0 radical (unpaired) electrons. The molecule has 8 N–H and O–H groups in total. The summed E-state index contributed by atoms with van der Waals surface area (Å²) in [6.07, 6.45) is 4.35. The Bertz CT molecular complexity index is 1350. The lowest BCUT2D eigenvalue weighted by atomic mass is 10.1. The normalized spacial score (nSPS) is 12.0. The summed E-state index contributed by atoms with van der Waals surface area (Å²) in [5.74, 6) is -4.56. The number of rotatable bonds is 53. The van der Waals surface area contributed by atoms with Crippen molar-refractivity contribution in [1.29, 1.82) is 0 Å². The third-order valence-electron chi connectivity index (χ3n) is 9.38. The van der Waals surface area contributed by atoms with Crippen LogP contribution in [-0.4, -0.2) is 221 Å². The first-order valence-corrected chi connectivity index (χ1v) is 24.3. The lowest BCUT2D eigenvalue weighted by Crippen LogP contribution is -2.51. The van der Waals surface area contributed by atoms with E-state index < -0.39 is 48.4 Å². The number of amides is 5. The van der Waals surface area contributed by atoms with Crippen molar-refractivity contribution < 1.29 is 96.2 Å². The van der Waals surface area contributed by atoms with E-state index in [0.717, 1.165) is 32.1 Å². The molecule has 0 fully saturated rings. The van der Waals surface area contributed by atoms with Crippen LogP contribution < -0.4 is 26.6 Å². The number of hydrogen-bond donors (Lipinski definition) is 8. The summed E-state index contributed by atoms with van der Waals surface area (Å²) >= 11 is 0. The Morgan fingerprint density at radius 1 is 0.357 bits per heavy atom. The largest absolute Gasteiger partial charge is 0.481 e. The molecule has 0 saturated carbocycles. The van der Waals surface area contributed by atoms with E-state index in [4.69, 9.17) is 57.6 Å². The average Bonchev–Trinajstić information content (AvgIpc) is 3.32. The Balaban J connectivity index is 3.43. The monoisotopic (exact) mass is 1010 g/mol. The van der Waals surface area contributed by atoms with Gasteiger partial charge >= 0.3 is 23.9 Å². The molecule has 5 amide bonds. The molecule has 0 aromatic rings. The van der Waals surface area contributed by atoms with E-state index in [2.05, 4.69) is 21.3 Å². The fourth-order valence-electron chi connectivity index (χ4n) is 5.68. The van der Waals surface area contributed by atoms with E-state index in [1.165, 1.54) is 0 Å². The van der Waals surface area contributed by atoms with Gasteiger partial charge in [0.25, 0.3) is 0 Å². The number of carboxylic acid groups (broad SMARTS) is 3. The van der Waals surface area contributed by atoms with Crippen molar-refractivity contribution in [2.45, 2.75) is 96.1 Å². The maximum atomic E-state index is 12.2. The van der Waals surface area contributed by atoms with Crippen LogP contribution in [0.3, 0.4) is 0 Å². The predicted molar refractivity (Wildman–Crippen MR) is 250 cm³/mol. The topological polar surface area (TPSA) is 333 Å². The van der Waals surface area contributed by atoms with Crippen LogP contribution in [-0.2, 0) is 76.1 Å². The molecule has 0 aliphatic rings.